The minimum Gasteiger partial charge on any atom is -0.371 e. The van der Waals surface area contributed by atoms with Crippen LogP contribution in [0.25, 0.3) is 0 Å². The summed E-state index contributed by atoms with van der Waals surface area (Å²) in [6.07, 6.45) is 7.02. The fourth-order valence-corrected chi connectivity index (χ4v) is 6.95. The molecule has 3 aliphatic rings. The molecule has 0 unspecified atom stereocenters. The van der Waals surface area contributed by atoms with E-state index < -0.39 is 10.3 Å². The second-order valence-corrected chi connectivity index (χ2v) is 10.9. The highest BCUT2D eigenvalue weighted by Crippen LogP contribution is 2.61. The molecule has 3 aliphatic carbocycles. The summed E-state index contributed by atoms with van der Waals surface area (Å²) in [4.78, 5) is 13.2. The Morgan fingerprint density at radius 1 is 1.32 bits per heavy atom. The Labute approximate surface area is 175 Å². The molecule has 0 heterocycles. The van der Waals surface area contributed by atoms with Crippen LogP contribution >= 0.6 is 15.9 Å². The minimum atomic E-state index is -4.01. The summed E-state index contributed by atoms with van der Waals surface area (Å²) in [6.45, 7) is 2.21. The van der Waals surface area contributed by atoms with E-state index in [1.807, 2.05) is 12.1 Å². The van der Waals surface area contributed by atoms with Crippen LogP contribution in [0.1, 0.15) is 62.5 Å². The maximum Gasteiger partial charge on any atom is 0.380 e. The smallest absolute Gasteiger partial charge is 0.371 e. The summed E-state index contributed by atoms with van der Waals surface area (Å²) >= 11 is 3.50. The van der Waals surface area contributed by atoms with Gasteiger partial charge < -0.3 is 4.18 Å². The normalized spacial score (nSPS) is 34.5. The molecule has 1 aromatic carbocycles. The zero-order valence-corrected chi connectivity index (χ0v) is 18.6. The number of ketones is 1. The lowest BCUT2D eigenvalue weighted by atomic mass is 9.55. The Kier molecular flexibility index (Phi) is 5.38. The van der Waals surface area contributed by atoms with E-state index in [0.717, 1.165) is 55.8 Å². The van der Waals surface area contributed by atoms with E-state index in [1.54, 1.807) is 6.07 Å². The topological polar surface area (TPSA) is 86.5 Å². The van der Waals surface area contributed by atoms with E-state index in [-0.39, 0.29) is 17.1 Å². The number of rotatable bonds is 5. The highest BCUT2D eigenvalue weighted by atomic mass is 79.9. The molecular weight excluding hydrogens is 442 g/mol. The molecule has 0 amide bonds. The number of aryl methyl sites for hydroxylation is 1. The van der Waals surface area contributed by atoms with Gasteiger partial charge in [-0.25, -0.2) is 0 Å². The first-order chi connectivity index (χ1) is 13.2. The number of alkyl halides is 1. The van der Waals surface area contributed by atoms with Crippen molar-refractivity contribution in [1.29, 1.82) is 0 Å². The van der Waals surface area contributed by atoms with Gasteiger partial charge in [0, 0.05) is 16.7 Å². The standard InChI is InChI=1S/C21H28BrNO4S/c1-21-9-8-17-16-7-5-15(27-28(23,25)26)11-13(16)4-6-18(17)19(21)12-14(20(21)24)3-2-10-22/h5,7,11,14,17-19H,2-4,6,8-10,12H2,1H3,(H2,23,25,26)/t14-,17-,18-,19+,21+/m1/s1. The van der Waals surface area contributed by atoms with Crippen molar-refractivity contribution < 1.29 is 17.4 Å². The largest absolute Gasteiger partial charge is 0.380 e. The third-order valence-electron chi connectivity index (χ3n) is 7.46. The molecule has 0 saturated heterocycles. The van der Waals surface area contributed by atoms with Gasteiger partial charge in [-0.05, 0) is 86.0 Å². The summed E-state index contributed by atoms with van der Waals surface area (Å²) in [5.41, 5.74) is 2.30. The van der Waals surface area contributed by atoms with Gasteiger partial charge in [0.05, 0.1) is 0 Å². The molecule has 0 radical (unpaired) electrons. The third kappa shape index (κ3) is 3.54. The highest BCUT2D eigenvalue weighted by molar-refractivity contribution is 9.09. The number of hydrogen-bond acceptors (Lipinski definition) is 4. The molecule has 7 heteroatoms. The number of hydrogen-bond donors (Lipinski definition) is 1. The van der Waals surface area contributed by atoms with Gasteiger partial charge in [0.2, 0.25) is 0 Å². The zero-order chi connectivity index (χ0) is 20.1. The molecule has 4 rings (SSSR count). The molecule has 5 atom stereocenters. The second-order valence-electron chi connectivity index (χ2n) is 8.94. The van der Waals surface area contributed by atoms with Gasteiger partial charge in [0.1, 0.15) is 11.5 Å². The van der Waals surface area contributed by atoms with Crippen LogP contribution < -0.4 is 9.32 Å². The van der Waals surface area contributed by atoms with Crippen LogP contribution in [0.5, 0.6) is 5.75 Å². The Morgan fingerprint density at radius 2 is 2.11 bits per heavy atom. The summed E-state index contributed by atoms with van der Waals surface area (Å²) in [5, 5.41) is 5.96. The van der Waals surface area contributed by atoms with Crippen molar-refractivity contribution in [3.8, 4) is 5.75 Å². The van der Waals surface area contributed by atoms with E-state index in [1.165, 1.54) is 5.56 Å². The molecule has 5 nitrogen and oxygen atoms in total. The number of fused-ring (bicyclic) bond motifs is 5. The van der Waals surface area contributed by atoms with Crippen LogP contribution in [-0.4, -0.2) is 19.5 Å². The number of benzene rings is 1. The summed E-state index contributed by atoms with van der Waals surface area (Å²) in [6, 6.07) is 5.54. The minimum absolute atomic E-state index is 0.160. The molecule has 0 aromatic heterocycles. The first-order valence-corrected chi connectivity index (χ1v) is 12.8. The van der Waals surface area contributed by atoms with Crippen LogP contribution in [0.3, 0.4) is 0 Å². The monoisotopic (exact) mass is 469 g/mol. The molecule has 0 aliphatic heterocycles. The van der Waals surface area contributed by atoms with Crippen molar-refractivity contribution in [1.82, 2.24) is 0 Å². The van der Waals surface area contributed by atoms with Crippen LogP contribution in [0.15, 0.2) is 18.2 Å². The molecule has 28 heavy (non-hydrogen) atoms. The van der Waals surface area contributed by atoms with Crippen molar-refractivity contribution >= 4 is 32.0 Å². The van der Waals surface area contributed by atoms with Gasteiger partial charge in [-0.3, -0.25) is 4.79 Å². The molecule has 0 bridgehead atoms. The maximum absolute atomic E-state index is 13.2. The zero-order valence-electron chi connectivity index (χ0n) is 16.2. The second kappa shape index (κ2) is 7.40. The Bertz CT molecular complexity index is 886. The Balaban J connectivity index is 1.59. The van der Waals surface area contributed by atoms with Crippen molar-refractivity contribution in [2.75, 3.05) is 5.33 Å². The number of Topliss-reactive ketones (excluding diaryl/α,β-unsaturated/α-hetero) is 1. The summed E-state index contributed by atoms with van der Waals surface area (Å²) < 4.78 is 27.3. The maximum atomic E-state index is 13.2. The van der Waals surface area contributed by atoms with Gasteiger partial charge in [-0.15, -0.1) is 0 Å². The van der Waals surface area contributed by atoms with Gasteiger partial charge >= 0.3 is 10.3 Å². The predicted octanol–water partition coefficient (Wildman–Crippen LogP) is 4.10. The lowest BCUT2D eigenvalue weighted by Crippen LogP contribution is -2.42. The first kappa shape index (κ1) is 20.4. The van der Waals surface area contributed by atoms with Crippen molar-refractivity contribution in [2.45, 2.75) is 57.8 Å². The van der Waals surface area contributed by atoms with Crippen LogP contribution in [-0.2, 0) is 21.5 Å². The van der Waals surface area contributed by atoms with Gasteiger partial charge in [0.25, 0.3) is 0 Å². The lowest BCUT2D eigenvalue weighted by Gasteiger charge is -2.48. The van der Waals surface area contributed by atoms with E-state index in [2.05, 4.69) is 22.9 Å². The van der Waals surface area contributed by atoms with Crippen molar-refractivity contribution in [3.05, 3.63) is 29.3 Å². The van der Waals surface area contributed by atoms with Crippen molar-refractivity contribution in [3.63, 3.8) is 0 Å². The van der Waals surface area contributed by atoms with Crippen molar-refractivity contribution in [2.24, 2.45) is 28.3 Å². The van der Waals surface area contributed by atoms with E-state index >= 15 is 0 Å². The van der Waals surface area contributed by atoms with Crippen LogP contribution in [0.4, 0.5) is 0 Å². The number of carbonyl (C=O) groups excluding carboxylic acids is 1. The quantitative estimate of drug-likeness (QED) is 0.657. The molecule has 2 fully saturated rings. The average Bonchev–Trinajstić information content (AvgIpc) is 2.89. The molecule has 154 valence electrons. The predicted molar refractivity (Wildman–Crippen MR) is 112 cm³/mol. The van der Waals surface area contributed by atoms with E-state index in [4.69, 9.17) is 9.32 Å². The molecule has 0 spiro atoms. The SMILES string of the molecule is C[C@]12CC[C@@H]3c4ccc(OS(N)(=O)=O)cc4CC[C@H]3[C@@H]1C[C@@H](CCCBr)C2=O. The van der Waals surface area contributed by atoms with E-state index in [0.29, 0.717) is 23.5 Å². The summed E-state index contributed by atoms with van der Waals surface area (Å²) in [5.74, 6) is 2.46. The number of halogens is 1. The van der Waals surface area contributed by atoms with Crippen LogP contribution in [0, 0.1) is 23.2 Å². The summed E-state index contributed by atoms with van der Waals surface area (Å²) in [7, 11) is -4.01. The fourth-order valence-electron chi connectivity index (χ4n) is 6.26. The van der Waals surface area contributed by atoms with Gasteiger partial charge in [-0.1, -0.05) is 28.9 Å². The van der Waals surface area contributed by atoms with E-state index in [9.17, 15) is 13.2 Å². The molecule has 2 N–H and O–H groups in total. The molecular formula is C21H28BrNO4S. The Hall–Kier alpha value is -0.920. The Morgan fingerprint density at radius 3 is 2.82 bits per heavy atom. The number of carbonyl (C=O) groups is 1. The molecule has 1 aromatic rings. The lowest BCUT2D eigenvalue weighted by molar-refractivity contribution is -0.132. The van der Waals surface area contributed by atoms with Crippen LogP contribution in [0.2, 0.25) is 0 Å². The van der Waals surface area contributed by atoms with Gasteiger partial charge in [-0.2, -0.15) is 13.6 Å². The highest BCUT2D eigenvalue weighted by Gasteiger charge is 2.57. The third-order valence-corrected chi connectivity index (χ3v) is 8.44. The molecule has 2 saturated carbocycles. The fraction of sp³-hybridized carbons (Fsp3) is 0.667. The first-order valence-electron chi connectivity index (χ1n) is 10.2. The average molecular weight is 470 g/mol. The number of nitrogens with two attached hydrogens (primary N) is 1. The van der Waals surface area contributed by atoms with Gasteiger partial charge in [0.15, 0.2) is 0 Å².